The molecule has 2 amide bonds. The van der Waals surface area contributed by atoms with Gasteiger partial charge in [0.2, 0.25) is 5.91 Å². The maximum absolute atomic E-state index is 15.1. The Morgan fingerprint density at radius 3 is 2.58 bits per heavy atom. The van der Waals surface area contributed by atoms with Crippen LogP contribution in [0.5, 0.6) is 0 Å². The summed E-state index contributed by atoms with van der Waals surface area (Å²) in [6, 6.07) is 19.6. The summed E-state index contributed by atoms with van der Waals surface area (Å²) in [6.45, 7) is 7.25. The van der Waals surface area contributed by atoms with Crippen molar-refractivity contribution in [2.24, 2.45) is 0 Å². The van der Waals surface area contributed by atoms with Gasteiger partial charge in [-0.05, 0) is 98.7 Å². The summed E-state index contributed by atoms with van der Waals surface area (Å²) in [5.74, 6) is 0.924. The Balaban J connectivity index is 1.21. The predicted octanol–water partition coefficient (Wildman–Crippen LogP) is 7.56. The van der Waals surface area contributed by atoms with Crippen LogP contribution in [0.25, 0.3) is 0 Å². The molecule has 2 aromatic heterocycles. The number of carbonyl (C=O) groups excluding carboxylic acids is 2. The Hall–Kier alpha value is -4.21. The minimum absolute atomic E-state index is 0.0584. The van der Waals surface area contributed by atoms with Crippen LogP contribution in [0.4, 0.5) is 4.79 Å². The lowest BCUT2D eigenvalue weighted by Gasteiger charge is -2.45. The van der Waals surface area contributed by atoms with Gasteiger partial charge in [-0.1, -0.05) is 67.4 Å². The zero-order valence-corrected chi connectivity index (χ0v) is 31.3. The van der Waals surface area contributed by atoms with Crippen molar-refractivity contribution in [2.75, 3.05) is 26.2 Å². The number of fused-ring (bicyclic) bond motifs is 2. The molecule has 0 radical (unpaired) electrons. The van der Waals surface area contributed by atoms with E-state index in [1.165, 1.54) is 17.5 Å². The molecule has 1 saturated carbocycles. The summed E-state index contributed by atoms with van der Waals surface area (Å²) in [5.41, 5.74) is 6.70. The third-order valence-corrected chi connectivity index (χ3v) is 11.3. The summed E-state index contributed by atoms with van der Waals surface area (Å²) in [5, 5.41) is 0.716. The summed E-state index contributed by atoms with van der Waals surface area (Å²) in [4.78, 5) is 44.8. The molecule has 2 atom stereocenters. The predicted molar refractivity (Wildman–Crippen MR) is 203 cm³/mol. The fraction of sp³-hybridized carbons (Fsp3) is 0.476. The lowest BCUT2D eigenvalue weighted by Crippen LogP contribution is -2.62. The highest BCUT2D eigenvalue weighted by Crippen LogP contribution is 2.38. The highest BCUT2D eigenvalue weighted by Gasteiger charge is 2.43. The summed E-state index contributed by atoms with van der Waals surface area (Å²) in [7, 11) is 0. The number of benzene rings is 2. The van der Waals surface area contributed by atoms with Gasteiger partial charge in [0.05, 0.1) is 17.4 Å². The van der Waals surface area contributed by atoms with Crippen molar-refractivity contribution < 1.29 is 14.3 Å². The first kappa shape index (κ1) is 36.2. The molecule has 0 unspecified atom stereocenters. The van der Waals surface area contributed by atoms with E-state index in [0.717, 1.165) is 86.3 Å². The molecule has 1 saturated heterocycles. The van der Waals surface area contributed by atoms with E-state index in [-0.39, 0.29) is 24.1 Å². The van der Waals surface area contributed by atoms with E-state index in [0.29, 0.717) is 37.7 Å². The average Bonchev–Trinajstić information content (AvgIpc) is 3.45. The molecule has 0 spiro atoms. The number of hydrogen-bond donors (Lipinski definition) is 0. The van der Waals surface area contributed by atoms with E-state index in [1.807, 2.05) is 48.4 Å². The third-order valence-electron chi connectivity index (χ3n) is 11.1. The van der Waals surface area contributed by atoms with Crippen LogP contribution in [0, 0.1) is 6.92 Å². The number of hydrogen-bond acceptors (Lipinski definition) is 6. The van der Waals surface area contributed by atoms with Gasteiger partial charge in [-0.2, -0.15) is 0 Å². The van der Waals surface area contributed by atoms with Crippen molar-refractivity contribution in [1.82, 2.24) is 29.2 Å². The van der Waals surface area contributed by atoms with Crippen LogP contribution in [-0.2, 0) is 41.9 Å². The molecule has 2 aliphatic carbocycles. The van der Waals surface area contributed by atoms with Crippen molar-refractivity contribution in [1.29, 1.82) is 0 Å². The molecule has 9 nitrogen and oxygen atoms in total. The van der Waals surface area contributed by atoms with Crippen molar-refractivity contribution in [2.45, 2.75) is 103 Å². The van der Waals surface area contributed by atoms with Crippen LogP contribution < -0.4 is 0 Å². The molecule has 2 aromatic carbocycles. The van der Waals surface area contributed by atoms with Crippen molar-refractivity contribution in [3.63, 3.8) is 0 Å². The number of aromatic nitrogens is 3. The number of carbonyl (C=O) groups is 2. The maximum Gasteiger partial charge on any atom is 0.410 e. The minimum Gasteiger partial charge on any atom is -0.446 e. The number of aryl methyl sites for hydroxylation is 5. The lowest BCUT2D eigenvalue weighted by molar-refractivity contribution is -0.140. The first-order valence-electron chi connectivity index (χ1n) is 19.2. The van der Waals surface area contributed by atoms with Gasteiger partial charge >= 0.3 is 6.09 Å². The van der Waals surface area contributed by atoms with Crippen molar-refractivity contribution >= 4 is 23.6 Å². The van der Waals surface area contributed by atoms with E-state index in [2.05, 4.69) is 57.9 Å². The SMILES string of the molecule is CCc1cn(CCCN(Cc2ccccc2)C(=O)[C@H]2CN([C@H]3c4ccc(Cl)cc4CCc4cccnc43)CCN2C(=O)OC2CCCCC2)c(C)n1. The van der Waals surface area contributed by atoms with Crippen LogP contribution in [0.2, 0.25) is 5.02 Å². The molecule has 274 valence electrons. The fourth-order valence-corrected chi connectivity index (χ4v) is 8.49. The second-order valence-corrected chi connectivity index (χ2v) is 15.0. The second-order valence-electron chi connectivity index (χ2n) is 14.6. The number of rotatable bonds is 10. The molecule has 3 heterocycles. The van der Waals surface area contributed by atoms with Gasteiger partial charge in [0, 0.05) is 56.7 Å². The third kappa shape index (κ3) is 8.21. The van der Waals surface area contributed by atoms with Gasteiger partial charge in [0.15, 0.2) is 0 Å². The highest BCUT2D eigenvalue weighted by atomic mass is 35.5. The molecular formula is C42H51ClN6O3. The number of imidazole rings is 1. The summed E-state index contributed by atoms with van der Waals surface area (Å²) >= 11 is 6.53. The molecule has 52 heavy (non-hydrogen) atoms. The number of halogens is 1. The normalized spacial score (nSPS) is 19.4. The van der Waals surface area contributed by atoms with Gasteiger partial charge in [0.1, 0.15) is 18.0 Å². The highest BCUT2D eigenvalue weighted by molar-refractivity contribution is 6.30. The van der Waals surface area contributed by atoms with E-state index >= 15 is 4.79 Å². The number of amides is 2. The zero-order valence-electron chi connectivity index (χ0n) is 30.6. The van der Waals surface area contributed by atoms with E-state index in [4.69, 9.17) is 21.3 Å². The van der Waals surface area contributed by atoms with Gasteiger partial charge in [-0.15, -0.1) is 0 Å². The average molecular weight is 723 g/mol. The van der Waals surface area contributed by atoms with Crippen LogP contribution >= 0.6 is 11.6 Å². The minimum atomic E-state index is -0.721. The second kappa shape index (κ2) is 16.6. The molecule has 0 N–H and O–H groups in total. The van der Waals surface area contributed by atoms with Gasteiger partial charge < -0.3 is 14.2 Å². The maximum atomic E-state index is 15.1. The molecule has 4 aromatic rings. The molecule has 2 fully saturated rings. The largest absolute Gasteiger partial charge is 0.446 e. The monoisotopic (exact) mass is 722 g/mol. The quantitative estimate of drug-likeness (QED) is 0.168. The van der Waals surface area contributed by atoms with Crippen LogP contribution in [0.1, 0.15) is 91.0 Å². The van der Waals surface area contributed by atoms with Gasteiger partial charge in [-0.25, -0.2) is 9.78 Å². The lowest BCUT2D eigenvalue weighted by atomic mass is 9.95. The van der Waals surface area contributed by atoms with E-state index in [1.54, 1.807) is 4.90 Å². The first-order chi connectivity index (χ1) is 25.4. The number of ether oxygens (including phenoxy) is 1. The van der Waals surface area contributed by atoms with Crippen LogP contribution in [0.15, 0.2) is 73.1 Å². The standard InChI is InChI=1S/C42H51ClN6O3/c1-3-35-28-46(30(2)45-35)22-11-23-48(27-31-12-6-4-7-13-31)41(50)38-29-47(24-25-49(38)42(51)52-36-15-8-5-9-16-36)40-37-20-19-34(43)26-33(37)18-17-32-14-10-21-44-39(32)40/h4,6-7,10,12-14,19-21,26,28,36,38,40H,3,5,8-9,11,15-18,22-25,27,29H2,1-2H3/t38-,40+/m1/s1. The van der Waals surface area contributed by atoms with Gasteiger partial charge in [0.25, 0.3) is 0 Å². The Morgan fingerprint density at radius 2 is 1.79 bits per heavy atom. The number of pyridine rings is 1. The molecule has 3 aliphatic rings. The Morgan fingerprint density at radius 1 is 0.981 bits per heavy atom. The molecule has 10 heteroatoms. The Labute approximate surface area is 312 Å². The zero-order chi connectivity index (χ0) is 36.0. The topological polar surface area (TPSA) is 83.8 Å². The Bertz CT molecular complexity index is 1840. The molecule has 7 rings (SSSR count). The van der Waals surface area contributed by atoms with Gasteiger partial charge in [-0.3, -0.25) is 19.6 Å². The summed E-state index contributed by atoms with van der Waals surface area (Å²) < 4.78 is 8.34. The molecular weight excluding hydrogens is 672 g/mol. The smallest absolute Gasteiger partial charge is 0.410 e. The number of piperazine rings is 1. The molecule has 0 bridgehead atoms. The Kier molecular flexibility index (Phi) is 11.6. The fourth-order valence-electron chi connectivity index (χ4n) is 8.30. The van der Waals surface area contributed by atoms with E-state index < -0.39 is 6.04 Å². The molecule has 1 aliphatic heterocycles. The van der Waals surface area contributed by atoms with Crippen molar-refractivity contribution in [3.8, 4) is 0 Å². The van der Waals surface area contributed by atoms with Crippen molar-refractivity contribution in [3.05, 3.63) is 118 Å². The van der Waals surface area contributed by atoms with Crippen LogP contribution in [-0.4, -0.2) is 79.6 Å². The first-order valence-corrected chi connectivity index (χ1v) is 19.5. The number of nitrogens with zero attached hydrogens (tertiary/aromatic N) is 6. The van der Waals surface area contributed by atoms with E-state index in [9.17, 15) is 4.79 Å². The van der Waals surface area contributed by atoms with Crippen LogP contribution in [0.3, 0.4) is 0 Å². The summed E-state index contributed by atoms with van der Waals surface area (Å²) in [6.07, 6.45) is 11.9.